The van der Waals surface area contributed by atoms with Crippen LogP contribution in [-0.2, 0) is 27.4 Å². The number of hydrogen-bond donors (Lipinski definition) is 1. The Kier molecular flexibility index (Phi) is 9.20. The van der Waals surface area contributed by atoms with Crippen molar-refractivity contribution in [3.8, 4) is 11.8 Å². The first-order valence-corrected chi connectivity index (χ1v) is 15.5. The second kappa shape index (κ2) is 13.4. The van der Waals surface area contributed by atoms with Gasteiger partial charge in [-0.3, -0.25) is 29.5 Å². The number of nitrogens with zero attached hydrogens (tertiary/aromatic N) is 4. The van der Waals surface area contributed by atoms with Crippen LogP contribution >= 0.6 is 0 Å². The first kappa shape index (κ1) is 29.5. The molecule has 0 aliphatic carbocycles. The van der Waals surface area contributed by atoms with Crippen LogP contribution in [0.5, 0.6) is 0 Å². The molecule has 4 aliphatic rings. The normalized spacial score (nSPS) is 22.3. The van der Waals surface area contributed by atoms with Gasteiger partial charge < -0.3 is 14.5 Å². The van der Waals surface area contributed by atoms with E-state index in [2.05, 4.69) is 63.2 Å². The highest BCUT2D eigenvalue weighted by molar-refractivity contribution is 6.05. The van der Waals surface area contributed by atoms with Crippen LogP contribution in [0.2, 0.25) is 0 Å². The summed E-state index contributed by atoms with van der Waals surface area (Å²) in [5.41, 5.74) is 4.52. The highest BCUT2D eigenvalue weighted by Gasteiger charge is 2.39. The van der Waals surface area contributed by atoms with Crippen molar-refractivity contribution in [1.82, 2.24) is 24.9 Å². The number of fused-ring (bicyclic) bond motifs is 1. The van der Waals surface area contributed by atoms with E-state index in [9.17, 15) is 14.4 Å². The maximum Gasteiger partial charge on any atom is 0.255 e. The molecule has 4 aliphatic heterocycles. The molecular formula is C34H41N5O4. The molecule has 9 nitrogen and oxygen atoms in total. The molecule has 0 aromatic heterocycles. The molecule has 6 rings (SSSR count). The van der Waals surface area contributed by atoms with E-state index in [0.717, 1.165) is 88.5 Å². The topological polar surface area (TPSA) is 85.4 Å². The van der Waals surface area contributed by atoms with Gasteiger partial charge in [0.05, 0.1) is 12.7 Å². The van der Waals surface area contributed by atoms with Crippen LogP contribution in [0.15, 0.2) is 42.5 Å². The number of piperidine rings is 2. The summed E-state index contributed by atoms with van der Waals surface area (Å²) in [6, 6.07) is 13.4. The quantitative estimate of drug-likeness (QED) is 0.395. The molecule has 226 valence electrons. The lowest BCUT2D eigenvalue weighted by Crippen LogP contribution is -2.52. The van der Waals surface area contributed by atoms with Gasteiger partial charge in [-0.25, -0.2) is 0 Å². The Balaban J connectivity index is 0.957. The van der Waals surface area contributed by atoms with E-state index in [0.29, 0.717) is 24.6 Å². The number of benzene rings is 2. The van der Waals surface area contributed by atoms with Crippen LogP contribution in [0, 0.1) is 11.8 Å². The van der Waals surface area contributed by atoms with Gasteiger partial charge in [0.2, 0.25) is 11.8 Å². The summed E-state index contributed by atoms with van der Waals surface area (Å²) >= 11 is 0. The Morgan fingerprint density at radius 2 is 1.56 bits per heavy atom. The summed E-state index contributed by atoms with van der Waals surface area (Å²) in [6.45, 7) is 9.73. The second-order valence-electron chi connectivity index (χ2n) is 12.2. The molecule has 9 heteroatoms. The Bertz CT molecular complexity index is 1400. The largest absolute Gasteiger partial charge is 0.377 e. The molecule has 1 atom stereocenters. The number of amides is 3. The van der Waals surface area contributed by atoms with Crippen molar-refractivity contribution >= 4 is 17.7 Å². The van der Waals surface area contributed by atoms with Crippen molar-refractivity contribution in [3.63, 3.8) is 0 Å². The van der Waals surface area contributed by atoms with Crippen molar-refractivity contribution < 1.29 is 19.1 Å². The van der Waals surface area contributed by atoms with Gasteiger partial charge in [0.15, 0.2) is 0 Å². The Labute approximate surface area is 254 Å². The number of nitrogens with one attached hydrogen (secondary N) is 1. The zero-order valence-electron chi connectivity index (χ0n) is 25.0. The third-order valence-corrected chi connectivity index (χ3v) is 9.13. The summed E-state index contributed by atoms with van der Waals surface area (Å²) < 4.78 is 6.14. The molecular weight excluding hydrogens is 542 g/mol. The van der Waals surface area contributed by atoms with Crippen molar-refractivity contribution in [2.24, 2.45) is 0 Å². The molecule has 0 saturated carbocycles. The number of likely N-dealkylation sites (tertiary alicyclic amines) is 1. The molecule has 3 fully saturated rings. The van der Waals surface area contributed by atoms with Gasteiger partial charge in [-0.05, 0) is 67.8 Å². The van der Waals surface area contributed by atoms with Crippen LogP contribution in [0.25, 0.3) is 0 Å². The van der Waals surface area contributed by atoms with Gasteiger partial charge in [0.1, 0.15) is 6.04 Å². The third-order valence-electron chi connectivity index (χ3n) is 9.13. The monoisotopic (exact) mass is 583 g/mol. The standard InChI is InChI=1S/C34H41N5O4/c1-36-14-12-29(13-15-36)43-21-20-37-16-18-38(19-17-37)23-27-6-3-25(4-7-27)2-5-26-8-9-30-28(22-26)24-39(34(30)42)31-10-11-32(40)35-33(31)41/h3-4,6-9,22,29,31H,10-21,23-24H2,1H3,(H,35,40,41). The molecule has 0 spiro atoms. The van der Waals surface area contributed by atoms with E-state index in [1.807, 2.05) is 12.1 Å². The van der Waals surface area contributed by atoms with Crippen LogP contribution in [0.1, 0.15) is 58.3 Å². The highest BCUT2D eigenvalue weighted by atomic mass is 16.5. The van der Waals surface area contributed by atoms with Gasteiger partial charge in [0.25, 0.3) is 5.91 Å². The minimum Gasteiger partial charge on any atom is -0.377 e. The van der Waals surface area contributed by atoms with Crippen LogP contribution in [-0.4, -0.2) is 109 Å². The minimum absolute atomic E-state index is 0.168. The van der Waals surface area contributed by atoms with Gasteiger partial charge in [-0.15, -0.1) is 0 Å². The number of carbonyl (C=O) groups excluding carboxylic acids is 3. The first-order valence-electron chi connectivity index (χ1n) is 15.5. The van der Waals surface area contributed by atoms with E-state index in [1.54, 1.807) is 11.0 Å². The minimum atomic E-state index is -0.608. The third kappa shape index (κ3) is 7.34. The summed E-state index contributed by atoms with van der Waals surface area (Å²) in [5, 5.41) is 2.34. The van der Waals surface area contributed by atoms with Crippen LogP contribution in [0.4, 0.5) is 0 Å². The van der Waals surface area contributed by atoms with E-state index < -0.39 is 11.9 Å². The summed E-state index contributed by atoms with van der Waals surface area (Å²) in [7, 11) is 2.18. The van der Waals surface area contributed by atoms with E-state index in [4.69, 9.17) is 4.74 Å². The lowest BCUT2D eigenvalue weighted by Gasteiger charge is -2.35. The predicted molar refractivity (Wildman–Crippen MR) is 163 cm³/mol. The van der Waals surface area contributed by atoms with E-state index >= 15 is 0 Å². The number of imide groups is 1. The molecule has 4 heterocycles. The van der Waals surface area contributed by atoms with Gasteiger partial charge >= 0.3 is 0 Å². The predicted octanol–water partition coefficient (Wildman–Crippen LogP) is 2.08. The lowest BCUT2D eigenvalue weighted by atomic mass is 10.0. The summed E-state index contributed by atoms with van der Waals surface area (Å²) in [6.07, 6.45) is 3.34. The number of ether oxygens (including phenoxy) is 1. The molecule has 1 N–H and O–H groups in total. The molecule has 0 radical (unpaired) electrons. The van der Waals surface area contributed by atoms with Gasteiger partial charge in [0, 0.05) is 82.0 Å². The average molecular weight is 584 g/mol. The van der Waals surface area contributed by atoms with Crippen LogP contribution < -0.4 is 5.32 Å². The van der Waals surface area contributed by atoms with E-state index in [1.165, 1.54) is 5.56 Å². The molecule has 3 amide bonds. The molecule has 2 aromatic rings. The Morgan fingerprint density at radius 3 is 2.30 bits per heavy atom. The van der Waals surface area contributed by atoms with Gasteiger partial charge in [-0.2, -0.15) is 0 Å². The maximum absolute atomic E-state index is 12.9. The number of piperazine rings is 1. The highest BCUT2D eigenvalue weighted by Crippen LogP contribution is 2.28. The van der Waals surface area contributed by atoms with E-state index in [-0.39, 0.29) is 18.2 Å². The fourth-order valence-electron chi connectivity index (χ4n) is 6.42. The molecule has 2 aromatic carbocycles. The lowest BCUT2D eigenvalue weighted by molar-refractivity contribution is -0.136. The molecule has 1 unspecified atom stereocenters. The summed E-state index contributed by atoms with van der Waals surface area (Å²) in [5.74, 6) is 5.63. The number of hydrogen-bond acceptors (Lipinski definition) is 7. The molecule has 0 bridgehead atoms. The molecule has 43 heavy (non-hydrogen) atoms. The zero-order chi connectivity index (χ0) is 29.8. The molecule has 3 saturated heterocycles. The smallest absolute Gasteiger partial charge is 0.255 e. The van der Waals surface area contributed by atoms with Crippen LogP contribution in [0.3, 0.4) is 0 Å². The van der Waals surface area contributed by atoms with Crippen molar-refractivity contribution in [2.75, 3.05) is 59.5 Å². The second-order valence-corrected chi connectivity index (χ2v) is 12.2. The average Bonchev–Trinajstić information content (AvgIpc) is 3.33. The Morgan fingerprint density at radius 1 is 0.860 bits per heavy atom. The fourth-order valence-corrected chi connectivity index (χ4v) is 6.42. The zero-order valence-corrected chi connectivity index (χ0v) is 25.0. The number of rotatable bonds is 7. The number of carbonyl (C=O) groups is 3. The maximum atomic E-state index is 12.9. The fraction of sp³-hybridized carbons (Fsp3) is 0.500. The van der Waals surface area contributed by atoms with Gasteiger partial charge in [-0.1, -0.05) is 24.0 Å². The first-order chi connectivity index (χ1) is 20.9. The summed E-state index contributed by atoms with van der Waals surface area (Å²) in [4.78, 5) is 45.7. The van der Waals surface area contributed by atoms with Crippen molar-refractivity contribution in [3.05, 3.63) is 70.3 Å². The van der Waals surface area contributed by atoms with Crippen molar-refractivity contribution in [1.29, 1.82) is 0 Å². The Hall–Kier alpha value is -3.55. The van der Waals surface area contributed by atoms with Crippen molar-refractivity contribution in [2.45, 2.75) is 50.9 Å². The SMILES string of the molecule is CN1CCC(OCCN2CCN(Cc3ccc(C#Cc4ccc5c(c4)CN(C4CCC(=O)NC4=O)C5=O)cc3)CC2)CC1.